The van der Waals surface area contributed by atoms with E-state index in [0.717, 1.165) is 24.1 Å². The van der Waals surface area contributed by atoms with E-state index in [2.05, 4.69) is 10.3 Å². The Bertz CT molecular complexity index is 453. The molecule has 0 bridgehead atoms. The Morgan fingerprint density at radius 1 is 1.12 bits per heavy atom. The van der Waals surface area contributed by atoms with Gasteiger partial charge in [0.1, 0.15) is 0 Å². The maximum absolute atomic E-state index is 11.6. The standard InChI is InChI=1S/C14H16N2O/c17-14-15-12-9-5-4-8-11(12)13(16-14)10-6-2-1-3-7-10/h1-3,6-7,11-12H,4-5,8-9H2,(H,15,17). The number of nitrogens with zero attached hydrogens (tertiary/aromatic N) is 1. The van der Waals surface area contributed by atoms with Crippen LogP contribution in [0.3, 0.4) is 0 Å². The molecule has 3 nitrogen and oxygen atoms in total. The molecule has 1 aliphatic carbocycles. The summed E-state index contributed by atoms with van der Waals surface area (Å²) in [6.45, 7) is 0. The van der Waals surface area contributed by atoms with Gasteiger partial charge in [0.15, 0.2) is 0 Å². The van der Waals surface area contributed by atoms with Crippen molar-refractivity contribution in [3.05, 3.63) is 35.9 Å². The summed E-state index contributed by atoms with van der Waals surface area (Å²) in [5.41, 5.74) is 2.08. The maximum atomic E-state index is 11.6. The fraction of sp³-hybridized carbons (Fsp3) is 0.429. The first-order chi connectivity index (χ1) is 8.34. The third kappa shape index (κ3) is 1.97. The van der Waals surface area contributed by atoms with Gasteiger partial charge in [-0.15, -0.1) is 0 Å². The molecule has 1 fully saturated rings. The number of urea groups is 1. The van der Waals surface area contributed by atoms with E-state index in [4.69, 9.17) is 0 Å². The molecule has 1 aromatic carbocycles. The van der Waals surface area contributed by atoms with Crippen LogP contribution in [0.2, 0.25) is 0 Å². The van der Waals surface area contributed by atoms with Gasteiger partial charge in [0.05, 0.1) is 5.71 Å². The van der Waals surface area contributed by atoms with Crippen molar-refractivity contribution >= 4 is 11.7 Å². The van der Waals surface area contributed by atoms with Gasteiger partial charge in [0.2, 0.25) is 0 Å². The van der Waals surface area contributed by atoms with Crippen molar-refractivity contribution in [2.75, 3.05) is 0 Å². The van der Waals surface area contributed by atoms with E-state index >= 15 is 0 Å². The average molecular weight is 228 g/mol. The molecule has 0 aromatic heterocycles. The van der Waals surface area contributed by atoms with E-state index in [9.17, 15) is 4.79 Å². The van der Waals surface area contributed by atoms with Crippen LogP contribution in [0.25, 0.3) is 0 Å². The van der Waals surface area contributed by atoms with E-state index in [1.807, 2.05) is 30.3 Å². The molecule has 1 N–H and O–H groups in total. The lowest BCUT2D eigenvalue weighted by Crippen LogP contribution is -2.48. The molecule has 0 saturated heterocycles. The molecule has 1 heterocycles. The lowest BCUT2D eigenvalue weighted by Gasteiger charge is -2.35. The number of carbonyl (C=O) groups excluding carboxylic acids is 1. The predicted octanol–water partition coefficient (Wildman–Crippen LogP) is 2.76. The van der Waals surface area contributed by atoms with Crippen LogP contribution in [-0.2, 0) is 0 Å². The van der Waals surface area contributed by atoms with Crippen molar-refractivity contribution in [1.82, 2.24) is 5.32 Å². The van der Waals surface area contributed by atoms with Crippen molar-refractivity contribution < 1.29 is 4.79 Å². The molecular weight excluding hydrogens is 212 g/mol. The number of carbonyl (C=O) groups is 1. The summed E-state index contributed by atoms with van der Waals surface area (Å²) in [6, 6.07) is 10.2. The average Bonchev–Trinajstić information content (AvgIpc) is 2.39. The van der Waals surface area contributed by atoms with E-state index in [-0.39, 0.29) is 6.03 Å². The zero-order chi connectivity index (χ0) is 11.7. The van der Waals surface area contributed by atoms with Crippen molar-refractivity contribution in [3.63, 3.8) is 0 Å². The smallest absolute Gasteiger partial charge is 0.333 e. The van der Waals surface area contributed by atoms with Crippen LogP contribution in [0, 0.1) is 5.92 Å². The van der Waals surface area contributed by atoms with Crippen LogP contribution in [0.15, 0.2) is 35.3 Å². The molecule has 0 radical (unpaired) electrons. The Kier molecular flexibility index (Phi) is 2.67. The number of rotatable bonds is 1. The number of aliphatic imine (C=N–C) groups is 1. The van der Waals surface area contributed by atoms with E-state index in [0.29, 0.717) is 12.0 Å². The number of fused-ring (bicyclic) bond motifs is 1. The van der Waals surface area contributed by atoms with Crippen LogP contribution >= 0.6 is 0 Å². The van der Waals surface area contributed by atoms with Gasteiger partial charge in [0.25, 0.3) is 0 Å². The first-order valence-electron chi connectivity index (χ1n) is 6.29. The molecule has 1 aliphatic heterocycles. The second kappa shape index (κ2) is 4.32. The molecule has 0 spiro atoms. The van der Waals surface area contributed by atoms with Crippen LogP contribution in [0.1, 0.15) is 31.2 Å². The molecule has 3 rings (SSSR count). The molecule has 3 heteroatoms. The minimum absolute atomic E-state index is 0.174. The summed E-state index contributed by atoms with van der Waals surface area (Å²) in [6.07, 6.45) is 4.67. The normalized spacial score (nSPS) is 28.0. The lowest BCUT2D eigenvalue weighted by atomic mass is 9.78. The highest BCUT2D eigenvalue weighted by Gasteiger charge is 2.34. The van der Waals surface area contributed by atoms with E-state index in [1.54, 1.807) is 0 Å². The largest absolute Gasteiger partial charge is 0.341 e. The molecular formula is C14H16N2O. The Balaban J connectivity index is 1.98. The third-order valence-corrected chi connectivity index (χ3v) is 3.72. The highest BCUT2D eigenvalue weighted by Crippen LogP contribution is 2.30. The summed E-state index contributed by atoms with van der Waals surface area (Å²) in [4.78, 5) is 15.8. The molecule has 88 valence electrons. The molecule has 1 aromatic rings. The van der Waals surface area contributed by atoms with Gasteiger partial charge < -0.3 is 5.32 Å². The molecule has 17 heavy (non-hydrogen) atoms. The minimum Gasteiger partial charge on any atom is -0.333 e. The Labute approximate surface area is 101 Å². The summed E-state index contributed by atoms with van der Waals surface area (Å²) < 4.78 is 0. The molecule has 2 aliphatic rings. The van der Waals surface area contributed by atoms with Gasteiger partial charge in [-0.05, 0) is 18.4 Å². The second-order valence-electron chi connectivity index (χ2n) is 4.81. The highest BCUT2D eigenvalue weighted by molar-refractivity contribution is 6.09. The van der Waals surface area contributed by atoms with Gasteiger partial charge in [-0.1, -0.05) is 43.2 Å². The Morgan fingerprint density at radius 2 is 1.88 bits per heavy atom. The first kappa shape index (κ1) is 10.5. The van der Waals surface area contributed by atoms with Crippen molar-refractivity contribution in [2.45, 2.75) is 31.7 Å². The quantitative estimate of drug-likeness (QED) is 0.789. The van der Waals surface area contributed by atoms with Gasteiger partial charge in [-0.2, -0.15) is 4.99 Å². The topological polar surface area (TPSA) is 41.5 Å². The number of benzene rings is 1. The van der Waals surface area contributed by atoms with Gasteiger partial charge in [-0.25, -0.2) is 4.79 Å². The monoisotopic (exact) mass is 228 g/mol. The second-order valence-corrected chi connectivity index (χ2v) is 4.81. The van der Waals surface area contributed by atoms with Crippen LogP contribution in [0.5, 0.6) is 0 Å². The zero-order valence-electron chi connectivity index (χ0n) is 9.73. The van der Waals surface area contributed by atoms with Gasteiger partial charge in [0, 0.05) is 12.0 Å². The van der Waals surface area contributed by atoms with Crippen LogP contribution < -0.4 is 5.32 Å². The van der Waals surface area contributed by atoms with Crippen LogP contribution in [0.4, 0.5) is 4.79 Å². The summed E-state index contributed by atoms with van der Waals surface area (Å²) in [7, 11) is 0. The van der Waals surface area contributed by atoms with Crippen molar-refractivity contribution in [3.8, 4) is 0 Å². The number of hydrogen-bond acceptors (Lipinski definition) is 1. The maximum Gasteiger partial charge on any atom is 0.341 e. The lowest BCUT2D eigenvalue weighted by molar-refractivity contribution is 0.232. The van der Waals surface area contributed by atoms with E-state index < -0.39 is 0 Å². The fourth-order valence-corrected chi connectivity index (χ4v) is 2.90. The number of nitrogens with one attached hydrogen (secondary N) is 1. The van der Waals surface area contributed by atoms with Gasteiger partial charge >= 0.3 is 6.03 Å². The number of hydrogen-bond donors (Lipinski definition) is 1. The Morgan fingerprint density at radius 3 is 2.71 bits per heavy atom. The van der Waals surface area contributed by atoms with E-state index in [1.165, 1.54) is 12.8 Å². The molecule has 2 unspecified atom stereocenters. The summed E-state index contributed by atoms with van der Waals surface area (Å²) >= 11 is 0. The zero-order valence-corrected chi connectivity index (χ0v) is 9.73. The summed E-state index contributed by atoms with van der Waals surface area (Å²) in [5, 5.41) is 2.99. The molecule has 2 atom stereocenters. The van der Waals surface area contributed by atoms with Gasteiger partial charge in [-0.3, -0.25) is 0 Å². The Hall–Kier alpha value is -1.64. The SMILES string of the molecule is O=C1N=C(c2ccccc2)C2CCCCC2N1. The van der Waals surface area contributed by atoms with Crippen molar-refractivity contribution in [2.24, 2.45) is 10.9 Å². The highest BCUT2D eigenvalue weighted by atomic mass is 16.2. The predicted molar refractivity (Wildman–Crippen MR) is 67.3 cm³/mol. The van der Waals surface area contributed by atoms with Crippen molar-refractivity contribution in [1.29, 1.82) is 0 Å². The number of amides is 2. The molecule has 2 amide bonds. The third-order valence-electron chi connectivity index (χ3n) is 3.72. The molecule has 1 saturated carbocycles. The van der Waals surface area contributed by atoms with Crippen LogP contribution in [-0.4, -0.2) is 17.8 Å². The fourth-order valence-electron chi connectivity index (χ4n) is 2.90. The first-order valence-corrected chi connectivity index (χ1v) is 6.29. The summed E-state index contributed by atoms with van der Waals surface area (Å²) in [5.74, 6) is 0.406. The minimum atomic E-state index is -0.174.